The molecule has 0 radical (unpaired) electrons. The van der Waals surface area contributed by atoms with E-state index in [0.717, 1.165) is 7.11 Å². The summed E-state index contributed by atoms with van der Waals surface area (Å²) >= 11 is 11.1. The van der Waals surface area contributed by atoms with Gasteiger partial charge in [0.05, 0.1) is 18.6 Å². The monoisotopic (exact) mass is 400 g/mol. The number of hydrogen-bond donors (Lipinski definition) is 0. The van der Waals surface area contributed by atoms with E-state index in [1.807, 2.05) is 0 Å². The van der Waals surface area contributed by atoms with E-state index in [2.05, 4.69) is 4.74 Å². The molecule has 1 unspecified atom stereocenters. The van der Waals surface area contributed by atoms with Crippen molar-refractivity contribution in [2.45, 2.75) is 20.5 Å². The van der Waals surface area contributed by atoms with E-state index < -0.39 is 58.5 Å². The van der Waals surface area contributed by atoms with E-state index in [-0.39, 0.29) is 10.4 Å². The Hall–Kier alpha value is -1.47. The third-order valence-electron chi connectivity index (χ3n) is 4.35. The maximum absolute atomic E-state index is 13.9. The van der Waals surface area contributed by atoms with Gasteiger partial charge in [0.1, 0.15) is 11.1 Å². The Bertz CT molecular complexity index is 716. The molecule has 0 N–H and O–H groups in total. The summed E-state index contributed by atoms with van der Waals surface area (Å²) in [5, 5.41) is 0. The first-order chi connectivity index (χ1) is 11.5. The first-order valence-corrected chi connectivity index (χ1v) is 7.87. The zero-order chi connectivity index (χ0) is 19.1. The van der Waals surface area contributed by atoms with Crippen LogP contribution in [-0.2, 0) is 16.1 Å². The maximum atomic E-state index is 13.9. The Labute approximate surface area is 151 Å². The van der Waals surface area contributed by atoms with Crippen molar-refractivity contribution in [1.82, 2.24) is 0 Å². The summed E-state index contributed by atoms with van der Waals surface area (Å²) < 4.78 is 64.1. The van der Waals surface area contributed by atoms with Crippen LogP contribution in [0.1, 0.15) is 19.4 Å². The van der Waals surface area contributed by atoms with Gasteiger partial charge < -0.3 is 9.47 Å². The molecule has 0 aromatic heterocycles. The second-order valence-corrected chi connectivity index (χ2v) is 7.16. The molecule has 9 heteroatoms. The largest absolute Gasteiger partial charge is 0.491 e. The number of carbonyl (C=O) groups excluding carboxylic acids is 1. The summed E-state index contributed by atoms with van der Waals surface area (Å²) in [6.45, 7) is 2.54. The highest BCUT2D eigenvalue weighted by atomic mass is 35.5. The highest BCUT2D eigenvalue weighted by Crippen LogP contribution is 2.60. The Morgan fingerprint density at radius 3 is 2.08 bits per heavy atom. The summed E-state index contributed by atoms with van der Waals surface area (Å²) in [7, 11) is 0.866. The Morgan fingerprint density at radius 2 is 1.64 bits per heavy atom. The number of rotatable bonds is 5. The minimum atomic E-state index is -1.70. The van der Waals surface area contributed by atoms with Crippen molar-refractivity contribution in [2.75, 3.05) is 7.11 Å². The Morgan fingerprint density at radius 1 is 1.12 bits per heavy atom. The molecule has 0 saturated heterocycles. The van der Waals surface area contributed by atoms with Crippen LogP contribution in [0.15, 0.2) is 10.6 Å². The maximum Gasteiger partial charge on any atom is 0.310 e. The normalized spacial score (nSPS) is 20.8. The Balaban J connectivity index is 2.18. The zero-order valence-electron chi connectivity index (χ0n) is 13.4. The average Bonchev–Trinajstić information content (AvgIpc) is 3.05. The third kappa shape index (κ3) is 3.58. The van der Waals surface area contributed by atoms with Crippen molar-refractivity contribution in [3.63, 3.8) is 0 Å². The van der Waals surface area contributed by atoms with Gasteiger partial charge in [-0.25, -0.2) is 8.78 Å². The fraction of sp³-hybridized carbons (Fsp3) is 0.438. The fourth-order valence-corrected chi connectivity index (χ4v) is 3.04. The predicted molar refractivity (Wildman–Crippen MR) is 83.2 cm³/mol. The lowest BCUT2D eigenvalue weighted by molar-refractivity contribution is -0.147. The zero-order valence-corrected chi connectivity index (χ0v) is 14.9. The number of benzene rings is 1. The molecule has 1 saturated carbocycles. The molecule has 1 fully saturated rings. The molecule has 0 amide bonds. The SMILES string of the molecule is COc1c(F)c(F)c(COC(=O)[C@@H]2C(C=C(Cl)Cl)C2(C)C)c(F)c1F. The lowest BCUT2D eigenvalue weighted by atomic mass is 10.1. The number of esters is 1. The van der Waals surface area contributed by atoms with Gasteiger partial charge in [-0.1, -0.05) is 37.0 Å². The van der Waals surface area contributed by atoms with Crippen molar-refractivity contribution in [1.29, 1.82) is 0 Å². The molecule has 1 aromatic carbocycles. The smallest absolute Gasteiger partial charge is 0.310 e. The molecule has 0 aliphatic heterocycles. The first kappa shape index (κ1) is 19.8. The molecule has 1 aromatic rings. The topological polar surface area (TPSA) is 35.5 Å². The van der Waals surface area contributed by atoms with Crippen molar-refractivity contribution in [3.8, 4) is 5.75 Å². The molecule has 1 aliphatic rings. The van der Waals surface area contributed by atoms with Gasteiger partial charge in [-0.3, -0.25) is 4.79 Å². The van der Waals surface area contributed by atoms with Crippen LogP contribution in [0.4, 0.5) is 17.6 Å². The molecule has 0 heterocycles. The third-order valence-corrected chi connectivity index (χ3v) is 4.60. The van der Waals surface area contributed by atoms with Gasteiger partial charge in [0.2, 0.25) is 11.6 Å². The van der Waals surface area contributed by atoms with Crippen molar-refractivity contribution in [3.05, 3.63) is 39.4 Å². The molecule has 2 atom stereocenters. The van der Waals surface area contributed by atoms with E-state index >= 15 is 0 Å². The van der Waals surface area contributed by atoms with Gasteiger partial charge in [-0.2, -0.15) is 8.78 Å². The van der Waals surface area contributed by atoms with Crippen LogP contribution in [0.5, 0.6) is 5.75 Å². The van der Waals surface area contributed by atoms with Crippen LogP contribution in [0.2, 0.25) is 0 Å². The number of halogens is 6. The van der Waals surface area contributed by atoms with Crippen molar-refractivity contribution in [2.24, 2.45) is 17.3 Å². The van der Waals surface area contributed by atoms with E-state index in [0.29, 0.717) is 0 Å². The number of methoxy groups -OCH3 is 1. The summed E-state index contributed by atoms with van der Waals surface area (Å²) in [6.07, 6.45) is 1.46. The Kier molecular flexibility index (Phi) is 5.59. The minimum absolute atomic E-state index is 0.0234. The van der Waals surface area contributed by atoms with Gasteiger partial charge in [-0.05, 0) is 17.4 Å². The molecular formula is C16H14Cl2F4O3. The first-order valence-electron chi connectivity index (χ1n) is 7.12. The summed E-state index contributed by atoms with van der Waals surface area (Å²) in [4.78, 5) is 12.1. The van der Waals surface area contributed by atoms with E-state index in [4.69, 9.17) is 27.9 Å². The molecule has 0 bridgehead atoms. The van der Waals surface area contributed by atoms with Gasteiger partial charge >= 0.3 is 5.97 Å². The van der Waals surface area contributed by atoms with E-state index in [1.54, 1.807) is 13.8 Å². The van der Waals surface area contributed by atoms with Gasteiger partial charge in [0.15, 0.2) is 17.4 Å². The highest BCUT2D eigenvalue weighted by molar-refractivity contribution is 6.55. The van der Waals surface area contributed by atoms with Crippen LogP contribution in [-0.4, -0.2) is 13.1 Å². The standard InChI is InChI=1S/C16H14Cl2F4O3/c1-16(2)7(4-8(17)18)9(16)15(23)25-5-6-10(19)12(21)14(24-3)13(22)11(6)20/h4,7,9H,5H2,1-3H3/t7?,9-/m0/s1. The number of hydrogen-bond acceptors (Lipinski definition) is 3. The number of ether oxygens (including phenoxy) is 2. The van der Waals surface area contributed by atoms with E-state index in [1.165, 1.54) is 6.08 Å². The van der Waals surface area contributed by atoms with Crippen molar-refractivity contribution >= 4 is 29.2 Å². The lowest BCUT2D eigenvalue weighted by Gasteiger charge is -2.11. The van der Waals surface area contributed by atoms with Crippen LogP contribution in [0.25, 0.3) is 0 Å². The van der Waals surface area contributed by atoms with Gasteiger partial charge in [0, 0.05) is 0 Å². The summed E-state index contributed by atoms with van der Waals surface area (Å²) in [6, 6.07) is 0. The van der Waals surface area contributed by atoms with Crippen LogP contribution in [0, 0.1) is 40.5 Å². The van der Waals surface area contributed by atoms with Gasteiger partial charge in [0.25, 0.3) is 0 Å². The van der Waals surface area contributed by atoms with Gasteiger partial charge in [-0.15, -0.1) is 0 Å². The molecule has 138 valence electrons. The van der Waals surface area contributed by atoms with Crippen LogP contribution < -0.4 is 4.74 Å². The molecule has 25 heavy (non-hydrogen) atoms. The quantitative estimate of drug-likeness (QED) is 0.401. The second-order valence-electron chi connectivity index (χ2n) is 6.16. The molecule has 0 spiro atoms. The summed E-state index contributed by atoms with van der Waals surface area (Å²) in [5.74, 6) is -9.68. The summed E-state index contributed by atoms with van der Waals surface area (Å²) in [5.41, 5.74) is -1.55. The number of carbonyl (C=O) groups is 1. The lowest BCUT2D eigenvalue weighted by Crippen LogP contribution is -2.14. The van der Waals surface area contributed by atoms with E-state index in [9.17, 15) is 22.4 Å². The average molecular weight is 401 g/mol. The van der Waals surface area contributed by atoms with Crippen molar-refractivity contribution < 1.29 is 31.8 Å². The highest BCUT2D eigenvalue weighted by Gasteiger charge is 2.61. The fourth-order valence-electron chi connectivity index (χ4n) is 2.77. The molecule has 1 aliphatic carbocycles. The minimum Gasteiger partial charge on any atom is -0.491 e. The van der Waals surface area contributed by atoms with Crippen LogP contribution >= 0.6 is 23.2 Å². The molecule has 2 rings (SSSR count). The molecule has 3 nitrogen and oxygen atoms in total. The predicted octanol–water partition coefficient (Wildman–Crippen LogP) is 4.89. The second kappa shape index (κ2) is 7.03. The van der Waals surface area contributed by atoms with Crippen LogP contribution in [0.3, 0.4) is 0 Å². The molecular weight excluding hydrogens is 387 g/mol. The number of allylic oxidation sites excluding steroid dienone is 1.